The highest BCUT2D eigenvalue weighted by molar-refractivity contribution is 5.95. The molecule has 1 aliphatic rings. The first kappa shape index (κ1) is 23.2. The standard InChI is InChI=1S/C25H28N4O5/c1-4-34-25(31)28-14-12-27(13-15-28)24(30)22-17-21(26-29(22)18-8-6-5-7-9-18)20-11-10-19(32-2)16-23(20)33-3/h5-11,16-17H,4,12-15H2,1-3H3. The predicted molar refractivity (Wildman–Crippen MR) is 127 cm³/mol. The zero-order valence-corrected chi connectivity index (χ0v) is 19.6. The molecule has 1 saturated heterocycles. The monoisotopic (exact) mass is 464 g/mol. The number of carbonyl (C=O) groups is 2. The minimum absolute atomic E-state index is 0.154. The Bertz CT molecular complexity index is 1150. The molecular weight excluding hydrogens is 436 g/mol. The third-order valence-corrected chi connectivity index (χ3v) is 5.71. The van der Waals surface area contributed by atoms with Crippen molar-refractivity contribution in [3.8, 4) is 28.4 Å². The van der Waals surface area contributed by atoms with Gasteiger partial charge in [-0.3, -0.25) is 4.79 Å². The highest BCUT2D eigenvalue weighted by Crippen LogP contribution is 2.33. The summed E-state index contributed by atoms with van der Waals surface area (Å²) in [6, 6.07) is 16.8. The van der Waals surface area contributed by atoms with Gasteiger partial charge in [-0.05, 0) is 37.3 Å². The van der Waals surface area contributed by atoms with Crippen LogP contribution in [-0.2, 0) is 4.74 Å². The topological polar surface area (TPSA) is 86.1 Å². The molecule has 0 bridgehead atoms. The van der Waals surface area contributed by atoms with Crippen LogP contribution in [0.2, 0.25) is 0 Å². The summed E-state index contributed by atoms with van der Waals surface area (Å²) in [5, 5.41) is 4.76. The van der Waals surface area contributed by atoms with Gasteiger partial charge in [-0.2, -0.15) is 5.10 Å². The molecule has 2 amide bonds. The highest BCUT2D eigenvalue weighted by Gasteiger charge is 2.28. The van der Waals surface area contributed by atoms with Crippen molar-refractivity contribution in [2.24, 2.45) is 0 Å². The molecule has 0 aliphatic carbocycles. The minimum atomic E-state index is -0.349. The smallest absolute Gasteiger partial charge is 0.409 e. The van der Waals surface area contributed by atoms with E-state index in [4.69, 9.17) is 19.3 Å². The Hall–Kier alpha value is -4.01. The molecule has 34 heavy (non-hydrogen) atoms. The fraction of sp³-hybridized carbons (Fsp3) is 0.320. The second-order valence-electron chi connectivity index (χ2n) is 7.71. The van der Waals surface area contributed by atoms with Crippen LogP contribution >= 0.6 is 0 Å². The van der Waals surface area contributed by atoms with E-state index in [-0.39, 0.29) is 12.0 Å². The van der Waals surface area contributed by atoms with Gasteiger partial charge in [0.1, 0.15) is 17.2 Å². The number of rotatable bonds is 6. The number of ether oxygens (including phenoxy) is 3. The van der Waals surface area contributed by atoms with E-state index in [0.717, 1.165) is 11.3 Å². The Kier molecular flexibility index (Phi) is 7.01. The summed E-state index contributed by atoms with van der Waals surface area (Å²) in [6.45, 7) is 3.77. The van der Waals surface area contributed by atoms with Crippen LogP contribution in [0, 0.1) is 0 Å². The molecule has 1 aromatic heterocycles. The van der Waals surface area contributed by atoms with Crippen molar-refractivity contribution in [3.63, 3.8) is 0 Å². The van der Waals surface area contributed by atoms with Crippen molar-refractivity contribution < 1.29 is 23.8 Å². The van der Waals surface area contributed by atoms with E-state index < -0.39 is 0 Å². The van der Waals surface area contributed by atoms with Gasteiger partial charge in [0.05, 0.1) is 32.2 Å². The summed E-state index contributed by atoms with van der Waals surface area (Å²) in [5.74, 6) is 1.11. The Balaban J connectivity index is 1.67. The maximum absolute atomic E-state index is 13.6. The first-order valence-corrected chi connectivity index (χ1v) is 11.1. The number of hydrogen-bond acceptors (Lipinski definition) is 6. The average molecular weight is 465 g/mol. The lowest BCUT2D eigenvalue weighted by molar-refractivity contribution is 0.0563. The van der Waals surface area contributed by atoms with Crippen LogP contribution in [0.3, 0.4) is 0 Å². The van der Waals surface area contributed by atoms with Crippen molar-refractivity contribution in [1.29, 1.82) is 0 Å². The molecule has 9 nitrogen and oxygen atoms in total. The van der Waals surface area contributed by atoms with E-state index >= 15 is 0 Å². The van der Waals surface area contributed by atoms with Gasteiger partial charge in [-0.15, -0.1) is 0 Å². The summed E-state index contributed by atoms with van der Waals surface area (Å²) >= 11 is 0. The molecule has 0 saturated carbocycles. The van der Waals surface area contributed by atoms with E-state index in [2.05, 4.69) is 0 Å². The summed E-state index contributed by atoms with van der Waals surface area (Å²) in [7, 11) is 3.18. The molecular formula is C25H28N4O5. The first-order valence-electron chi connectivity index (χ1n) is 11.1. The number of methoxy groups -OCH3 is 2. The summed E-state index contributed by atoms with van der Waals surface area (Å²) < 4.78 is 17.6. The average Bonchev–Trinajstić information content (AvgIpc) is 3.34. The van der Waals surface area contributed by atoms with Gasteiger partial charge in [-0.1, -0.05) is 18.2 Å². The Morgan fingerprint density at radius 3 is 2.26 bits per heavy atom. The van der Waals surface area contributed by atoms with Gasteiger partial charge in [0, 0.05) is 37.8 Å². The molecule has 0 radical (unpaired) electrons. The molecule has 9 heteroatoms. The molecule has 0 atom stereocenters. The molecule has 1 aliphatic heterocycles. The van der Waals surface area contributed by atoms with Crippen LogP contribution in [0.15, 0.2) is 54.6 Å². The van der Waals surface area contributed by atoms with Crippen molar-refractivity contribution in [2.45, 2.75) is 6.92 Å². The Morgan fingerprint density at radius 1 is 0.912 bits per heavy atom. The Labute approximate surface area is 198 Å². The van der Waals surface area contributed by atoms with Gasteiger partial charge < -0.3 is 24.0 Å². The zero-order chi connectivity index (χ0) is 24.1. The van der Waals surface area contributed by atoms with Gasteiger partial charge in [-0.25, -0.2) is 9.48 Å². The zero-order valence-electron chi connectivity index (χ0n) is 19.6. The lowest BCUT2D eigenvalue weighted by Crippen LogP contribution is -2.51. The van der Waals surface area contributed by atoms with Crippen molar-refractivity contribution in [1.82, 2.24) is 19.6 Å². The van der Waals surface area contributed by atoms with Crippen LogP contribution < -0.4 is 9.47 Å². The van der Waals surface area contributed by atoms with Gasteiger partial charge in [0.2, 0.25) is 0 Å². The number of hydrogen-bond donors (Lipinski definition) is 0. The van der Waals surface area contributed by atoms with Crippen LogP contribution in [0.1, 0.15) is 17.4 Å². The lowest BCUT2D eigenvalue weighted by Gasteiger charge is -2.34. The number of piperazine rings is 1. The molecule has 2 heterocycles. The molecule has 3 aromatic rings. The van der Waals surface area contributed by atoms with Gasteiger partial charge >= 0.3 is 6.09 Å². The van der Waals surface area contributed by atoms with Crippen molar-refractivity contribution >= 4 is 12.0 Å². The third kappa shape index (κ3) is 4.68. The second-order valence-corrected chi connectivity index (χ2v) is 7.71. The van der Waals surface area contributed by atoms with Gasteiger partial charge in [0.25, 0.3) is 5.91 Å². The number of aromatic nitrogens is 2. The predicted octanol–water partition coefficient (Wildman–Crippen LogP) is 3.47. The second kappa shape index (κ2) is 10.3. The number of amides is 2. The maximum atomic E-state index is 13.6. The molecule has 0 spiro atoms. The number of para-hydroxylation sites is 1. The molecule has 0 unspecified atom stereocenters. The largest absolute Gasteiger partial charge is 0.497 e. The highest BCUT2D eigenvalue weighted by atomic mass is 16.6. The number of nitrogens with zero attached hydrogens (tertiary/aromatic N) is 4. The van der Waals surface area contributed by atoms with Gasteiger partial charge in [0.15, 0.2) is 0 Å². The van der Waals surface area contributed by atoms with Crippen molar-refractivity contribution in [3.05, 3.63) is 60.3 Å². The quantitative estimate of drug-likeness (QED) is 0.555. The number of benzene rings is 2. The summed E-state index contributed by atoms with van der Waals surface area (Å²) in [6.07, 6.45) is -0.349. The van der Waals surface area contributed by atoms with E-state index in [1.54, 1.807) is 47.8 Å². The third-order valence-electron chi connectivity index (χ3n) is 5.71. The lowest BCUT2D eigenvalue weighted by atomic mass is 10.1. The molecule has 1 fully saturated rings. The summed E-state index contributed by atoms with van der Waals surface area (Å²) in [4.78, 5) is 28.9. The normalized spacial score (nSPS) is 13.5. The number of carbonyl (C=O) groups excluding carboxylic acids is 2. The fourth-order valence-electron chi connectivity index (χ4n) is 3.91. The SMILES string of the molecule is CCOC(=O)N1CCN(C(=O)c2cc(-c3ccc(OC)cc3OC)nn2-c2ccccc2)CC1. The van der Waals surface area contributed by atoms with Crippen LogP contribution in [0.4, 0.5) is 4.79 Å². The van der Waals surface area contributed by atoms with E-state index in [9.17, 15) is 9.59 Å². The first-order chi connectivity index (χ1) is 16.5. The van der Waals surface area contributed by atoms with Crippen molar-refractivity contribution in [2.75, 3.05) is 47.0 Å². The summed E-state index contributed by atoms with van der Waals surface area (Å²) in [5.41, 5.74) is 2.56. The molecule has 178 valence electrons. The van der Waals surface area contributed by atoms with Crippen LogP contribution in [-0.4, -0.2) is 78.6 Å². The fourth-order valence-corrected chi connectivity index (χ4v) is 3.91. The molecule has 0 N–H and O–H groups in total. The minimum Gasteiger partial charge on any atom is -0.497 e. The van der Waals surface area contributed by atoms with Crippen LogP contribution in [0.5, 0.6) is 11.5 Å². The van der Waals surface area contributed by atoms with E-state index in [1.807, 2.05) is 42.5 Å². The van der Waals surface area contributed by atoms with E-state index in [0.29, 0.717) is 55.7 Å². The molecule has 4 rings (SSSR count). The van der Waals surface area contributed by atoms with E-state index in [1.165, 1.54) is 0 Å². The maximum Gasteiger partial charge on any atom is 0.409 e. The Morgan fingerprint density at radius 2 is 1.62 bits per heavy atom. The molecule has 2 aromatic carbocycles. The van der Waals surface area contributed by atoms with Crippen LogP contribution in [0.25, 0.3) is 16.9 Å².